The van der Waals surface area contributed by atoms with Crippen molar-refractivity contribution in [3.05, 3.63) is 314 Å². The van der Waals surface area contributed by atoms with E-state index in [1.165, 1.54) is 76.5 Å². The lowest BCUT2D eigenvalue weighted by Gasteiger charge is -2.26. The first-order valence-electron chi connectivity index (χ1n) is 30.9. The van der Waals surface area contributed by atoms with Gasteiger partial charge in [-0.2, -0.15) is 9.97 Å². The quantitative estimate of drug-likeness (QED) is 0.135. The van der Waals surface area contributed by atoms with Gasteiger partial charge in [-0.25, -0.2) is 4.98 Å². The molecule has 0 N–H and O–H groups in total. The van der Waals surface area contributed by atoms with E-state index in [-0.39, 0.29) is 0 Å². The minimum atomic E-state index is -0.397. The molecule has 0 amide bonds. The maximum atomic E-state index is 5.52. The zero-order valence-corrected chi connectivity index (χ0v) is 49.6. The first-order chi connectivity index (χ1) is 44.4. The van der Waals surface area contributed by atoms with Crippen LogP contribution in [0.4, 0.5) is 17.1 Å². The van der Waals surface area contributed by atoms with Crippen LogP contribution >= 0.6 is 0 Å². The van der Waals surface area contributed by atoms with Gasteiger partial charge >= 0.3 is 0 Å². The van der Waals surface area contributed by atoms with Gasteiger partial charge in [0.2, 0.25) is 5.95 Å². The second kappa shape index (κ2) is 20.2. The Bertz CT molecular complexity index is 5640. The highest BCUT2D eigenvalue weighted by Gasteiger charge is 2.39. The topological polar surface area (TPSA) is 51.8 Å². The van der Waals surface area contributed by atoms with Crippen LogP contribution in [-0.4, -0.2) is 24.1 Å². The number of nitrogens with zero attached hydrogens (tertiary/aromatic N) is 6. The van der Waals surface area contributed by atoms with Gasteiger partial charge in [0.05, 0.1) is 22.1 Å². The fourth-order valence-corrected chi connectivity index (χ4v) is 14.8. The minimum Gasteiger partial charge on any atom is -0.310 e. The van der Waals surface area contributed by atoms with E-state index in [0.29, 0.717) is 17.6 Å². The first kappa shape index (κ1) is 51.5. The molecule has 3 heterocycles. The zero-order valence-electron chi connectivity index (χ0n) is 49.6. The van der Waals surface area contributed by atoms with E-state index in [4.69, 9.17) is 15.0 Å². The Morgan fingerprint density at radius 2 is 0.756 bits per heavy atom. The summed E-state index contributed by atoms with van der Waals surface area (Å²) < 4.78 is 4.70. The van der Waals surface area contributed by atoms with Crippen LogP contribution in [0.5, 0.6) is 0 Å². The number of fused-ring (bicyclic) bond motifs is 16. The van der Waals surface area contributed by atoms with Gasteiger partial charge < -0.3 is 9.47 Å². The second-order valence-corrected chi connectivity index (χ2v) is 24.3. The molecule has 1 aliphatic rings. The van der Waals surface area contributed by atoms with Gasteiger partial charge in [-0.3, -0.25) is 4.57 Å². The maximum Gasteiger partial charge on any atom is 0.238 e. The number of anilines is 3. The molecule has 90 heavy (non-hydrogen) atoms. The summed E-state index contributed by atoms with van der Waals surface area (Å²) in [6.45, 7) is 4.83. The van der Waals surface area contributed by atoms with Crippen molar-refractivity contribution in [3.8, 4) is 67.8 Å². The van der Waals surface area contributed by atoms with E-state index < -0.39 is 5.41 Å². The molecule has 0 atom stereocenters. The molecule has 422 valence electrons. The van der Waals surface area contributed by atoms with Gasteiger partial charge in [-0.05, 0) is 150 Å². The average Bonchev–Trinajstić information content (AvgIpc) is 1.50. The molecule has 0 unspecified atom stereocenters. The Labute approximate surface area is 520 Å². The van der Waals surface area contributed by atoms with Crippen molar-refractivity contribution < 1.29 is 0 Å². The van der Waals surface area contributed by atoms with Crippen LogP contribution in [0.25, 0.3) is 144 Å². The summed E-state index contributed by atoms with van der Waals surface area (Å²) in [5.41, 5.74) is 19.6. The molecule has 0 bridgehead atoms. The highest BCUT2D eigenvalue weighted by Crippen LogP contribution is 2.56. The number of hydrogen-bond acceptors (Lipinski definition) is 4. The van der Waals surface area contributed by atoms with E-state index in [9.17, 15) is 0 Å². The predicted octanol–water partition coefficient (Wildman–Crippen LogP) is 22.0. The van der Waals surface area contributed by atoms with E-state index in [1.54, 1.807) is 0 Å². The van der Waals surface area contributed by atoms with Crippen molar-refractivity contribution in [2.75, 3.05) is 4.90 Å². The fourth-order valence-electron chi connectivity index (χ4n) is 14.8. The molecule has 0 radical (unpaired) electrons. The van der Waals surface area contributed by atoms with Crippen molar-refractivity contribution in [1.29, 1.82) is 0 Å². The largest absolute Gasteiger partial charge is 0.310 e. The molecular weight excluding hydrogens is 1090 g/mol. The summed E-state index contributed by atoms with van der Waals surface area (Å²) in [7, 11) is 0. The summed E-state index contributed by atoms with van der Waals surface area (Å²) in [5, 5.41) is 12.3. The van der Waals surface area contributed by atoms with Crippen molar-refractivity contribution >= 4 is 93.0 Å². The molecular formula is C84H56N6. The smallest absolute Gasteiger partial charge is 0.238 e. The van der Waals surface area contributed by atoms with Crippen LogP contribution in [0.1, 0.15) is 25.0 Å². The molecule has 0 spiro atoms. The number of benzene rings is 14. The van der Waals surface area contributed by atoms with Crippen molar-refractivity contribution in [2.24, 2.45) is 0 Å². The van der Waals surface area contributed by atoms with Crippen LogP contribution in [0, 0.1) is 0 Å². The van der Waals surface area contributed by atoms with E-state index in [1.807, 2.05) is 36.4 Å². The second-order valence-electron chi connectivity index (χ2n) is 24.3. The fraction of sp³-hybridized carbons (Fsp3) is 0.0357. The number of para-hydroxylation sites is 2. The van der Waals surface area contributed by atoms with Gasteiger partial charge in [0.25, 0.3) is 0 Å². The van der Waals surface area contributed by atoms with Crippen molar-refractivity contribution in [3.63, 3.8) is 0 Å². The maximum absolute atomic E-state index is 5.52. The third-order valence-electron chi connectivity index (χ3n) is 18.9. The van der Waals surface area contributed by atoms with Gasteiger partial charge in [0.1, 0.15) is 0 Å². The number of aromatic nitrogens is 5. The molecule has 17 aromatic rings. The Morgan fingerprint density at radius 1 is 0.289 bits per heavy atom. The third-order valence-corrected chi connectivity index (χ3v) is 18.9. The Kier molecular flexibility index (Phi) is 11.5. The standard InChI is InChI=1S/C84H56N6/c1-84(2)74-52-78-73(51-71(74)70-46-45-69-65-34-16-15-32-63(65)64-33-17-18-36-68(64)79(69)80(70)84)67-44-42-62(50-77(67)90(78)83-86-81(56-24-9-4-10-25-56)85-82(87-83)57-26-11-5-12-27-57)88(60-31-21-28-58(48-60)55-40-38-54(39-41-55)53-22-7-3-8-23-53)61-43-47-76-72(49-61)66-35-19-20-37-75(66)89(76)59-29-13-6-14-30-59/h3-52H,1-2H3. The summed E-state index contributed by atoms with van der Waals surface area (Å²) in [5.74, 6) is 1.74. The SMILES string of the molecule is CC1(C)c2cc3c(cc2-c2ccc4c5ccccc5c5ccccc5c4c21)c1ccc(N(c2cccc(-c4ccc(-c5ccccc5)cc4)c2)c2ccc4c(c2)c2ccccc2n4-c2ccccc2)cc1n3-c1nc(-c2ccccc2)nc(-c2ccccc2)n1. The molecule has 14 aromatic carbocycles. The Balaban J connectivity index is 0.901. The van der Waals surface area contributed by atoms with Crippen LogP contribution in [0.3, 0.4) is 0 Å². The third kappa shape index (κ3) is 8.01. The summed E-state index contributed by atoms with van der Waals surface area (Å²) >= 11 is 0. The van der Waals surface area contributed by atoms with Crippen LogP contribution in [0.2, 0.25) is 0 Å². The molecule has 1 aliphatic carbocycles. The highest BCUT2D eigenvalue weighted by molar-refractivity contribution is 6.28. The van der Waals surface area contributed by atoms with Crippen molar-refractivity contribution in [2.45, 2.75) is 19.3 Å². The molecule has 6 heteroatoms. The summed E-state index contributed by atoms with van der Waals surface area (Å²) in [4.78, 5) is 18.7. The van der Waals surface area contributed by atoms with Gasteiger partial charge in [-0.1, -0.05) is 244 Å². The molecule has 0 fully saturated rings. The first-order valence-corrected chi connectivity index (χ1v) is 30.9. The monoisotopic (exact) mass is 1150 g/mol. The van der Waals surface area contributed by atoms with Crippen LogP contribution in [-0.2, 0) is 5.41 Å². The zero-order chi connectivity index (χ0) is 59.6. The van der Waals surface area contributed by atoms with Gasteiger partial charge in [0.15, 0.2) is 11.6 Å². The highest BCUT2D eigenvalue weighted by atomic mass is 15.2. The summed E-state index contributed by atoms with van der Waals surface area (Å²) in [6.07, 6.45) is 0. The normalized spacial score (nSPS) is 12.6. The van der Waals surface area contributed by atoms with Gasteiger partial charge in [0, 0.05) is 60.8 Å². The van der Waals surface area contributed by atoms with Gasteiger partial charge in [-0.15, -0.1) is 0 Å². The summed E-state index contributed by atoms with van der Waals surface area (Å²) in [6, 6.07) is 110. The van der Waals surface area contributed by atoms with E-state index >= 15 is 0 Å². The average molecular weight is 1150 g/mol. The van der Waals surface area contributed by atoms with Crippen LogP contribution < -0.4 is 4.90 Å². The van der Waals surface area contributed by atoms with Crippen LogP contribution in [0.15, 0.2) is 303 Å². The predicted molar refractivity (Wildman–Crippen MR) is 375 cm³/mol. The molecule has 6 nitrogen and oxygen atoms in total. The lowest BCUT2D eigenvalue weighted by atomic mass is 9.78. The van der Waals surface area contributed by atoms with Crippen molar-refractivity contribution in [1.82, 2.24) is 24.1 Å². The number of hydrogen-bond donors (Lipinski definition) is 0. The Hall–Kier alpha value is -11.7. The Morgan fingerprint density at radius 3 is 1.43 bits per heavy atom. The lowest BCUT2D eigenvalue weighted by molar-refractivity contribution is 0.667. The molecule has 0 saturated carbocycles. The lowest BCUT2D eigenvalue weighted by Crippen LogP contribution is -2.16. The number of rotatable bonds is 9. The molecule has 18 rings (SSSR count). The molecule has 0 saturated heterocycles. The van der Waals surface area contributed by atoms with E-state index in [2.05, 4.69) is 295 Å². The molecule has 3 aromatic heterocycles. The minimum absolute atomic E-state index is 0.397. The van der Waals surface area contributed by atoms with E-state index in [0.717, 1.165) is 77.8 Å². The molecule has 0 aliphatic heterocycles.